The quantitative estimate of drug-likeness (QED) is 0.837. The molecule has 2 saturated heterocycles. The van der Waals surface area contributed by atoms with Gasteiger partial charge in [0.05, 0.1) is 7.11 Å². The number of ether oxygens (including phenoxy) is 2. The van der Waals surface area contributed by atoms with E-state index in [1.54, 1.807) is 7.11 Å². The first-order valence-corrected chi connectivity index (χ1v) is 9.09. The molecular weight excluding hydrogens is 334 g/mol. The minimum atomic E-state index is -0.269. The van der Waals surface area contributed by atoms with E-state index in [2.05, 4.69) is 17.1 Å². The van der Waals surface area contributed by atoms with Gasteiger partial charge < -0.3 is 19.7 Å². The van der Waals surface area contributed by atoms with E-state index in [0.29, 0.717) is 31.6 Å². The number of amides is 2. The fourth-order valence-corrected chi connectivity index (χ4v) is 3.76. The van der Waals surface area contributed by atoms with E-state index < -0.39 is 0 Å². The highest BCUT2D eigenvalue weighted by Gasteiger charge is 2.40. The summed E-state index contributed by atoms with van der Waals surface area (Å²) in [5, 5.41) is 2.94. The number of nitrogens with zero attached hydrogens (tertiary/aromatic N) is 2. The summed E-state index contributed by atoms with van der Waals surface area (Å²) in [6, 6.07) is 7.93. The van der Waals surface area contributed by atoms with Crippen molar-refractivity contribution in [1.82, 2.24) is 9.80 Å². The number of fused-ring (bicyclic) bond motifs is 1. The maximum atomic E-state index is 12.7. The number of urea groups is 1. The molecule has 0 radical (unpaired) electrons. The predicted octanol–water partition coefficient (Wildman–Crippen LogP) is 2.33. The van der Waals surface area contributed by atoms with Gasteiger partial charge in [0.2, 0.25) is 0 Å². The Morgan fingerprint density at radius 3 is 2.54 bits per heavy atom. The first kappa shape index (κ1) is 18.5. The summed E-state index contributed by atoms with van der Waals surface area (Å²) in [6.45, 7) is 5.62. The molecule has 1 N–H and O–H groups in total. The third-order valence-corrected chi connectivity index (χ3v) is 5.18. The minimum Gasteiger partial charge on any atom is -0.497 e. The zero-order valence-electron chi connectivity index (χ0n) is 15.6. The van der Waals surface area contributed by atoms with E-state index in [1.165, 1.54) is 6.92 Å². The smallest absolute Gasteiger partial charge is 0.321 e. The number of nitrogens with one attached hydrogen (secondary N) is 1. The van der Waals surface area contributed by atoms with Crippen molar-refractivity contribution in [3.63, 3.8) is 0 Å². The molecule has 0 aliphatic carbocycles. The monoisotopic (exact) mass is 361 g/mol. The van der Waals surface area contributed by atoms with E-state index in [9.17, 15) is 9.59 Å². The van der Waals surface area contributed by atoms with Crippen molar-refractivity contribution in [3.8, 4) is 5.75 Å². The zero-order chi connectivity index (χ0) is 18.7. The summed E-state index contributed by atoms with van der Waals surface area (Å²) in [5.74, 6) is 0.479. The van der Waals surface area contributed by atoms with Gasteiger partial charge in [-0.3, -0.25) is 9.69 Å². The van der Waals surface area contributed by atoms with Crippen LogP contribution < -0.4 is 10.1 Å². The van der Waals surface area contributed by atoms with Gasteiger partial charge in [-0.2, -0.15) is 0 Å². The number of carbonyl (C=O) groups is 2. The summed E-state index contributed by atoms with van der Waals surface area (Å²) in [4.78, 5) is 28.3. The molecule has 2 fully saturated rings. The largest absolute Gasteiger partial charge is 0.497 e. The Balaban J connectivity index is 1.65. The fraction of sp³-hybridized carbons (Fsp3) is 0.579. The first-order valence-electron chi connectivity index (χ1n) is 9.09. The number of rotatable bonds is 3. The van der Waals surface area contributed by atoms with Gasteiger partial charge >= 0.3 is 12.0 Å². The van der Waals surface area contributed by atoms with Crippen molar-refractivity contribution in [1.29, 1.82) is 0 Å². The third-order valence-electron chi connectivity index (χ3n) is 5.18. The lowest BCUT2D eigenvalue weighted by Gasteiger charge is -2.51. The molecule has 2 amide bonds. The number of methoxy groups -OCH3 is 1. The summed E-state index contributed by atoms with van der Waals surface area (Å²) in [7, 11) is 1.61. The SMILES string of the molecule is COc1ccc(NC(=O)N2CCC(OC(C)=O)CN3[C@H](C[C@H]3C)C2)cc1. The van der Waals surface area contributed by atoms with Crippen LogP contribution in [0.3, 0.4) is 0 Å². The molecule has 1 unspecified atom stereocenters. The molecule has 3 atom stereocenters. The van der Waals surface area contributed by atoms with Crippen molar-refractivity contribution >= 4 is 17.7 Å². The molecule has 0 saturated carbocycles. The number of carbonyl (C=O) groups excluding carboxylic acids is 2. The van der Waals surface area contributed by atoms with Crippen LogP contribution in [0.5, 0.6) is 5.75 Å². The van der Waals surface area contributed by atoms with E-state index in [0.717, 1.165) is 24.4 Å². The highest BCUT2D eigenvalue weighted by atomic mass is 16.5. The van der Waals surface area contributed by atoms with Gasteiger partial charge in [0.1, 0.15) is 11.9 Å². The second-order valence-electron chi connectivity index (χ2n) is 7.06. The Bertz CT molecular complexity index is 649. The number of hydrogen-bond acceptors (Lipinski definition) is 5. The lowest BCUT2D eigenvalue weighted by molar-refractivity contribution is -0.151. The van der Waals surface area contributed by atoms with Crippen LogP contribution in [0.2, 0.25) is 0 Å². The van der Waals surface area contributed by atoms with Crippen LogP contribution in [-0.2, 0) is 9.53 Å². The first-order chi connectivity index (χ1) is 12.5. The number of benzene rings is 1. The molecule has 26 heavy (non-hydrogen) atoms. The van der Waals surface area contributed by atoms with Crippen LogP contribution in [0.25, 0.3) is 0 Å². The van der Waals surface area contributed by atoms with Gasteiger partial charge in [-0.25, -0.2) is 4.79 Å². The van der Waals surface area contributed by atoms with Gasteiger partial charge in [-0.1, -0.05) is 0 Å². The molecule has 7 nitrogen and oxygen atoms in total. The van der Waals surface area contributed by atoms with Gasteiger partial charge in [0, 0.05) is 50.7 Å². The Kier molecular flexibility index (Phi) is 5.66. The Labute approximate surface area is 154 Å². The van der Waals surface area contributed by atoms with E-state index >= 15 is 0 Å². The molecule has 0 aromatic heterocycles. The van der Waals surface area contributed by atoms with Gasteiger partial charge in [0.15, 0.2) is 0 Å². The lowest BCUT2D eigenvalue weighted by atomic mass is 9.91. The average Bonchev–Trinajstić information content (AvgIpc) is 2.60. The second-order valence-corrected chi connectivity index (χ2v) is 7.06. The molecule has 3 rings (SSSR count). The van der Waals surface area contributed by atoms with Crippen molar-refractivity contribution in [3.05, 3.63) is 24.3 Å². The van der Waals surface area contributed by atoms with Gasteiger partial charge in [-0.15, -0.1) is 0 Å². The van der Waals surface area contributed by atoms with Crippen LogP contribution in [0.4, 0.5) is 10.5 Å². The summed E-state index contributed by atoms with van der Waals surface area (Å²) >= 11 is 0. The van der Waals surface area contributed by atoms with Crippen molar-refractivity contribution in [2.24, 2.45) is 0 Å². The molecular formula is C19H27N3O4. The van der Waals surface area contributed by atoms with Crippen LogP contribution in [0.15, 0.2) is 24.3 Å². The van der Waals surface area contributed by atoms with E-state index in [1.807, 2.05) is 29.2 Å². The van der Waals surface area contributed by atoms with Crippen molar-refractivity contribution < 1.29 is 19.1 Å². The predicted molar refractivity (Wildman–Crippen MR) is 98.3 cm³/mol. The molecule has 0 bridgehead atoms. The summed E-state index contributed by atoms with van der Waals surface area (Å²) in [5.41, 5.74) is 0.730. The van der Waals surface area contributed by atoms with E-state index in [-0.39, 0.29) is 18.1 Å². The average molecular weight is 361 g/mol. The fourth-order valence-electron chi connectivity index (χ4n) is 3.76. The minimum absolute atomic E-state index is 0.127. The number of anilines is 1. The normalized spacial score (nSPS) is 26.0. The molecule has 1 aromatic rings. The molecule has 2 aliphatic rings. The number of esters is 1. The van der Waals surface area contributed by atoms with Gasteiger partial charge in [0.25, 0.3) is 0 Å². The maximum absolute atomic E-state index is 12.7. The van der Waals surface area contributed by atoms with Crippen LogP contribution in [-0.4, -0.2) is 66.7 Å². The molecule has 142 valence electrons. The highest BCUT2D eigenvalue weighted by Crippen LogP contribution is 2.29. The molecule has 7 heteroatoms. The second kappa shape index (κ2) is 7.95. The third kappa shape index (κ3) is 4.27. The molecule has 0 spiro atoms. The van der Waals surface area contributed by atoms with Crippen molar-refractivity contribution in [2.45, 2.75) is 44.9 Å². The van der Waals surface area contributed by atoms with Crippen LogP contribution in [0, 0.1) is 0 Å². The zero-order valence-corrected chi connectivity index (χ0v) is 15.6. The Morgan fingerprint density at radius 2 is 1.92 bits per heavy atom. The van der Waals surface area contributed by atoms with Crippen molar-refractivity contribution in [2.75, 3.05) is 32.1 Å². The van der Waals surface area contributed by atoms with Crippen LogP contribution >= 0.6 is 0 Å². The molecule has 1 aromatic carbocycles. The topological polar surface area (TPSA) is 71.1 Å². The summed E-state index contributed by atoms with van der Waals surface area (Å²) < 4.78 is 10.6. The molecule has 2 heterocycles. The molecule has 2 aliphatic heterocycles. The number of hydrogen-bond donors (Lipinski definition) is 1. The van der Waals surface area contributed by atoms with Gasteiger partial charge in [-0.05, 0) is 37.6 Å². The Morgan fingerprint density at radius 1 is 1.19 bits per heavy atom. The maximum Gasteiger partial charge on any atom is 0.321 e. The summed E-state index contributed by atoms with van der Waals surface area (Å²) in [6.07, 6.45) is 1.53. The Hall–Kier alpha value is -2.28. The van der Waals surface area contributed by atoms with E-state index in [4.69, 9.17) is 9.47 Å². The highest BCUT2D eigenvalue weighted by molar-refractivity contribution is 5.89. The van der Waals surface area contributed by atoms with Crippen LogP contribution in [0.1, 0.15) is 26.7 Å². The standard InChI is InChI=1S/C19H27N3O4/c1-13-10-16-11-21(9-8-18(12-22(13)16)26-14(2)23)19(24)20-15-4-6-17(25-3)7-5-15/h4-7,13,16,18H,8-12H2,1-3H3,(H,20,24)/t13-,16-,18?/m1/s1. The lowest BCUT2D eigenvalue weighted by Crippen LogP contribution is -2.63.